The summed E-state index contributed by atoms with van der Waals surface area (Å²) in [5.41, 5.74) is 0.344. The lowest BCUT2D eigenvalue weighted by Crippen LogP contribution is -2.48. The summed E-state index contributed by atoms with van der Waals surface area (Å²) in [6.07, 6.45) is -0.667. The maximum atomic E-state index is 14.1. The van der Waals surface area contributed by atoms with E-state index in [0.717, 1.165) is 37.8 Å². The molecular weight excluding hydrogens is 507 g/mol. The molecule has 0 spiro atoms. The number of carbonyl (C=O) groups excluding carboxylic acids is 2. The molecule has 39 heavy (non-hydrogen) atoms. The van der Waals surface area contributed by atoms with E-state index in [1.165, 1.54) is 11.0 Å². The molecule has 9 heteroatoms. The summed E-state index contributed by atoms with van der Waals surface area (Å²) in [6.45, 7) is 13.0. The fourth-order valence-electron chi connectivity index (χ4n) is 4.67. The number of nitrogens with one attached hydrogen (secondary N) is 1. The van der Waals surface area contributed by atoms with E-state index in [1.807, 2.05) is 32.3 Å². The van der Waals surface area contributed by atoms with Gasteiger partial charge >= 0.3 is 6.18 Å². The van der Waals surface area contributed by atoms with E-state index in [1.54, 1.807) is 13.1 Å². The average Bonchev–Trinajstić information content (AvgIpc) is 3.17. The first-order valence-corrected chi connectivity index (χ1v) is 13.8. The van der Waals surface area contributed by atoms with Crippen molar-refractivity contribution in [2.45, 2.75) is 91.5 Å². The number of aromatic nitrogens is 1. The second-order valence-corrected chi connectivity index (χ2v) is 11.6. The van der Waals surface area contributed by atoms with E-state index >= 15 is 0 Å². The number of benzene rings is 1. The highest BCUT2D eigenvalue weighted by atomic mass is 19.4. The molecule has 0 radical (unpaired) electrons. The third-order valence-electron chi connectivity index (χ3n) is 7.68. The van der Waals surface area contributed by atoms with Crippen molar-refractivity contribution in [3.63, 3.8) is 0 Å². The normalized spacial score (nSPS) is 15.1. The zero-order valence-electron chi connectivity index (χ0n) is 24.2. The second-order valence-electron chi connectivity index (χ2n) is 11.6. The predicted molar refractivity (Wildman–Crippen MR) is 147 cm³/mol. The first kappa shape index (κ1) is 30.7. The maximum absolute atomic E-state index is 14.1. The van der Waals surface area contributed by atoms with Crippen LogP contribution in [0.1, 0.15) is 92.3 Å². The molecule has 0 saturated carbocycles. The van der Waals surface area contributed by atoms with Crippen LogP contribution in [0.2, 0.25) is 0 Å². The van der Waals surface area contributed by atoms with Crippen LogP contribution in [0.4, 0.5) is 13.2 Å². The minimum absolute atomic E-state index is 0.0432. The molecule has 1 saturated heterocycles. The van der Waals surface area contributed by atoms with E-state index < -0.39 is 23.2 Å². The van der Waals surface area contributed by atoms with E-state index in [-0.39, 0.29) is 23.1 Å². The van der Waals surface area contributed by atoms with Crippen molar-refractivity contribution in [3.05, 3.63) is 46.6 Å². The van der Waals surface area contributed by atoms with Crippen molar-refractivity contribution in [2.75, 3.05) is 20.3 Å². The summed E-state index contributed by atoms with van der Waals surface area (Å²) in [4.78, 5) is 27.9. The summed E-state index contributed by atoms with van der Waals surface area (Å²) in [5, 5.41) is 2.95. The van der Waals surface area contributed by atoms with Gasteiger partial charge in [0.05, 0.1) is 30.4 Å². The molecule has 1 fully saturated rings. The smallest absolute Gasteiger partial charge is 0.377 e. The molecule has 216 valence electrons. The molecule has 1 aromatic heterocycles. The van der Waals surface area contributed by atoms with Gasteiger partial charge in [0.25, 0.3) is 11.8 Å². The topological polar surface area (TPSA) is 63.6 Å². The van der Waals surface area contributed by atoms with E-state index in [9.17, 15) is 22.8 Å². The van der Waals surface area contributed by atoms with Crippen LogP contribution in [-0.4, -0.2) is 53.1 Å². The van der Waals surface area contributed by atoms with E-state index in [4.69, 9.17) is 4.74 Å². The molecule has 0 bridgehead atoms. The predicted octanol–water partition coefficient (Wildman–Crippen LogP) is 6.70. The summed E-state index contributed by atoms with van der Waals surface area (Å²) in [6, 6.07) is 5.08. The lowest BCUT2D eigenvalue weighted by atomic mass is 9.98. The highest BCUT2D eigenvalue weighted by molar-refractivity contribution is 5.98. The van der Waals surface area contributed by atoms with Crippen molar-refractivity contribution in [1.82, 2.24) is 14.8 Å². The first-order valence-electron chi connectivity index (χ1n) is 13.8. The Morgan fingerprint density at radius 1 is 1.13 bits per heavy atom. The standard InChI is InChI=1S/C30H42F3N3O3/c1-8-10-11-20(9-2)16-36-19(3)25(27(37)34-24-17-39-18-24)15-26(36)21-12-22(14-23(13-21)30(31,32)33)28(38)35(7)29(4,5)6/h12-15,20,24H,8-11,16-18H2,1-7H3,(H,34,37). The summed E-state index contributed by atoms with van der Waals surface area (Å²) < 4.78 is 49.3. The summed E-state index contributed by atoms with van der Waals surface area (Å²) in [5.74, 6) is -0.482. The number of halogens is 3. The summed E-state index contributed by atoms with van der Waals surface area (Å²) in [7, 11) is 1.58. The molecule has 0 aliphatic carbocycles. The monoisotopic (exact) mass is 549 g/mol. The van der Waals surface area contributed by atoms with Gasteiger partial charge in [-0.05, 0) is 69.9 Å². The van der Waals surface area contributed by atoms with Crippen molar-refractivity contribution < 1.29 is 27.5 Å². The molecule has 1 aliphatic heterocycles. The molecule has 1 aliphatic rings. The Morgan fingerprint density at radius 2 is 1.79 bits per heavy atom. The van der Waals surface area contributed by atoms with Crippen LogP contribution >= 0.6 is 0 Å². The van der Waals surface area contributed by atoms with Gasteiger partial charge in [0.2, 0.25) is 0 Å². The SMILES string of the molecule is CCCCC(CC)Cn1c(-c2cc(C(=O)N(C)C(C)(C)C)cc(C(F)(F)F)c2)cc(C(=O)NC2COC2)c1C. The largest absolute Gasteiger partial charge is 0.416 e. The number of rotatable bonds is 10. The Kier molecular flexibility index (Phi) is 9.57. The molecule has 2 amide bonds. The van der Waals surface area contributed by atoms with Gasteiger partial charge in [0, 0.05) is 36.1 Å². The van der Waals surface area contributed by atoms with Crippen molar-refractivity contribution in [3.8, 4) is 11.3 Å². The van der Waals surface area contributed by atoms with Crippen molar-refractivity contribution >= 4 is 11.8 Å². The summed E-state index contributed by atoms with van der Waals surface area (Å²) >= 11 is 0. The Morgan fingerprint density at radius 3 is 2.31 bits per heavy atom. The van der Waals surface area contributed by atoms with Crippen molar-refractivity contribution in [1.29, 1.82) is 0 Å². The van der Waals surface area contributed by atoms with Gasteiger partial charge in [-0.1, -0.05) is 33.1 Å². The number of unbranched alkanes of at least 4 members (excludes halogenated alkanes) is 1. The molecule has 6 nitrogen and oxygen atoms in total. The third kappa shape index (κ3) is 7.24. The van der Waals surface area contributed by atoms with Crippen LogP contribution in [0.15, 0.2) is 24.3 Å². The second kappa shape index (κ2) is 12.1. The molecule has 1 unspecified atom stereocenters. The van der Waals surface area contributed by atoms with Gasteiger partial charge in [0.1, 0.15) is 0 Å². The number of hydrogen-bond acceptors (Lipinski definition) is 3. The quantitative estimate of drug-likeness (QED) is 0.359. The molecule has 3 rings (SSSR count). The molecule has 2 heterocycles. The highest BCUT2D eigenvalue weighted by Gasteiger charge is 2.34. The minimum Gasteiger partial charge on any atom is -0.377 e. The number of alkyl halides is 3. The Labute approximate surface area is 229 Å². The van der Waals surface area contributed by atoms with Gasteiger partial charge < -0.3 is 19.5 Å². The molecule has 1 aromatic carbocycles. The fraction of sp³-hybridized carbons (Fsp3) is 0.600. The molecule has 1 atom stereocenters. The van der Waals surface area contributed by atoms with Crippen LogP contribution < -0.4 is 5.32 Å². The number of amides is 2. The number of ether oxygens (including phenoxy) is 1. The lowest BCUT2D eigenvalue weighted by molar-refractivity contribution is -0.137. The highest BCUT2D eigenvalue weighted by Crippen LogP contribution is 2.36. The van der Waals surface area contributed by atoms with Gasteiger partial charge in [-0.15, -0.1) is 0 Å². The Hall–Kier alpha value is -2.81. The van der Waals surface area contributed by atoms with Gasteiger partial charge in [-0.2, -0.15) is 13.2 Å². The number of nitrogens with zero attached hydrogens (tertiary/aromatic N) is 2. The molecular formula is C30H42F3N3O3. The van der Waals surface area contributed by atoms with E-state index in [2.05, 4.69) is 19.2 Å². The zero-order chi connectivity index (χ0) is 29.1. The van der Waals surface area contributed by atoms with Crippen LogP contribution in [0.3, 0.4) is 0 Å². The fourth-order valence-corrected chi connectivity index (χ4v) is 4.67. The van der Waals surface area contributed by atoms with Crippen LogP contribution in [0.25, 0.3) is 11.3 Å². The lowest BCUT2D eigenvalue weighted by Gasteiger charge is -2.32. The van der Waals surface area contributed by atoms with Crippen molar-refractivity contribution in [2.24, 2.45) is 5.92 Å². The number of carbonyl (C=O) groups is 2. The Bertz CT molecular complexity index is 1180. The minimum atomic E-state index is -4.64. The van der Waals surface area contributed by atoms with Gasteiger partial charge in [0.15, 0.2) is 0 Å². The van der Waals surface area contributed by atoms with E-state index in [0.29, 0.717) is 42.6 Å². The van der Waals surface area contributed by atoms with Crippen LogP contribution in [0.5, 0.6) is 0 Å². The maximum Gasteiger partial charge on any atom is 0.416 e. The molecule has 2 aromatic rings. The van der Waals surface area contributed by atoms with Crippen LogP contribution in [-0.2, 0) is 17.5 Å². The first-order chi connectivity index (χ1) is 18.2. The zero-order valence-corrected chi connectivity index (χ0v) is 24.2. The third-order valence-corrected chi connectivity index (χ3v) is 7.68. The average molecular weight is 550 g/mol. The van der Waals surface area contributed by atoms with Gasteiger partial charge in [-0.25, -0.2) is 0 Å². The van der Waals surface area contributed by atoms with Crippen LogP contribution in [0, 0.1) is 12.8 Å². The number of hydrogen-bond donors (Lipinski definition) is 1. The Balaban J connectivity index is 2.17. The van der Waals surface area contributed by atoms with Gasteiger partial charge in [-0.3, -0.25) is 9.59 Å². The molecule has 1 N–H and O–H groups in total.